The first-order chi connectivity index (χ1) is 15.4. The molecule has 0 aromatic carbocycles. The summed E-state index contributed by atoms with van der Waals surface area (Å²) < 4.78 is 27.5. The first-order valence-electron chi connectivity index (χ1n) is 10.7. The Kier molecular flexibility index (Phi) is 5.66. The van der Waals surface area contributed by atoms with E-state index in [1.165, 1.54) is 27.0 Å². The van der Waals surface area contributed by atoms with E-state index in [0.717, 1.165) is 0 Å². The van der Waals surface area contributed by atoms with Crippen molar-refractivity contribution in [2.75, 3.05) is 7.11 Å². The topological polar surface area (TPSA) is 145 Å². The molecule has 4 heterocycles. The molecule has 3 aliphatic heterocycles. The fourth-order valence-corrected chi connectivity index (χ4v) is 4.82. The summed E-state index contributed by atoms with van der Waals surface area (Å²) in [5, 5.41) is 21.9. The summed E-state index contributed by atoms with van der Waals surface area (Å²) in [6, 6.07) is 1.34. The van der Waals surface area contributed by atoms with Gasteiger partial charge in [0.1, 0.15) is 41.5 Å². The molecule has 4 bridgehead atoms. The number of carbonyl (C=O) groups excluding carboxylic acids is 3. The van der Waals surface area contributed by atoms with Crippen LogP contribution in [0.5, 0.6) is 0 Å². The minimum absolute atomic E-state index is 0.0287. The van der Waals surface area contributed by atoms with Gasteiger partial charge in [-0.2, -0.15) is 0 Å². The molecule has 4 rings (SSSR count). The highest BCUT2D eigenvalue weighted by Crippen LogP contribution is 2.54. The van der Waals surface area contributed by atoms with E-state index < -0.39 is 53.5 Å². The zero-order valence-corrected chi connectivity index (χ0v) is 19.0. The second kappa shape index (κ2) is 7.96. The number of esters is 3. The van der Waals surface area contributed by atoms with Gasteiger partial charge in [0, 0.05) is 19.8 Å². The van der Waals surface area contributed by atoms with E-state index in [9.17, 15) is 24.6 Å². The molecule has 10 nitrogen and oxygen atoms in total. The second-order valence-electron chi connectivity index (χ2n) is 9.30. The quantitative estimate of drug-likeness (QED) is 0.291. The highest BCUT2D eigenvalue weighted by atomic mass is 16.7. The Morgan fingerprint density at radius 2 is 2.00 bits per heavy atom. The van der Waals surface area contributed by atoms with Crippen LogP contribution in [0.15, 0.2) is 22.6 Å². The molecule has 0 radical (unpaired) electrons. The molecule has 33 heavy (non-hydrogen) atoms. The second-order valence-corrected chi connectivity index (χ2v) is 9.30. The highest BCUT2D eigenvalue weighted by molar-refractivity contribution is 5.90. The molecule has 1 aromatic rings. The van der Waals surface area contributed by atoms with Crippen LogP contribution in [0.4, 0.5) is 0 Å². The van der Waals surface area contributed by atoms with E-state index in [4.69, 9.17) is 23.4 Å². The lowest BCUT2D eigenvalue weighted by Crippen LogP contribution is -2.42. The maximum atomic E-state index is 12.9. The first kappa shape index (κ1) is 23.5. The molecule has 10 heteroatoms. The van der Waals surface area contributed by atoms with Gasteiger partial charge in [0.25, 0.3) is 0 Å². The van der Waals surface area contributed by atoms with Gasteiger partial charge in [-0.3, -0.25) is 4.79 Å². The molecule has 1 aromatic heterocycles. The van der Waals surface area contributed by atoms with Crippen LogP contribution in [0.3, 0.4) is 0 Å². The number of fused-ring (bicyclic) bond motifs is 2. The van der Waals surface area contributed by atoms with Crippen molar-refractivity contribution < 1.29 is 48.0 Å². The van der Waals surface area contributed by atoms with Crippen molar-refractivity contribution in [3.05, 3.63) is 35.3 Å². The molecule has 2 saturated heterocycles. The molecule has 180 valence electrons. The summed E-state index contributed by atoms with van der Waals surface area (Å²) in [5.41, 5.74) is -2.49. The standard InChI is InChI=1S/C23H28O10/c1-10(2)12-6-14-13(20(26)29-5)8-15(31-14)18(25)22(4,28)9-16-19-23(33-19,21(27)32-16)17(7-12)30-11(3)24/h8,12,16-19,25,28H,1,6-7,9H2,2-5H3. The van der Waals surface area contributed by atoms with Gasteiger partial charge in [-0.1, -0.05) is 12.2 Å². The van der Waals surface area contributed by atoms with E-state index in [0.29, 0.717) is 5.57 Å². The minimum atomic E-state index is -1.80. The average Bonchev–Trinajstić information content (AvgIpc) is 3.27. The number of hydrogen-bond donors (Lipinski definition) is 2. The number of aliphatic hydroxyl groups excluding tert-OH is 1. The summed E-state index contributed by atoms with van der Waals surface area (Å²) in [4.78, 5) is 37.1. The van der Waals surface area contributed by atoms with Crippen LogP contribution in [-0.4, -0.2) is 64.7 Å². The smallest absolute Gasteiger partial charge is 0.345 e. The van der Waals surface area contributed by atoms with Gasteiger partial charge >= 0.3 is 17.9 Å². The van der Waals surface area contributed by atoms with Gasteiger partial charge in [0.2, 0.25) is 5.60 Å². The number of methoxy groups -OCH3 is 1. The number of aliphatic hydroxyl groups is 2. The van der Waals surface area contributed by atoms with Gasteiger partial charge in [0.15, 0.2) is 0 Å². The Morgan fingerprint density at radius 3 is 2.58 bits per heavy atom. The molecule has 0 aliphatic carbocycles. The van der Waals surface area contributed by atoms with E-state index >= 15 is 0 Å². The van der Waals surface area contributed by atoms with Crippen molar-refractivity contribution in [1.82, 2.24) is 0 Å². The molecule has 2 fully saturated rings. The van der Waals surface area contributed by atoms with Gasteiger partial charge in [-0.05, 0) is 32.3 Å². The SMILES string of the molecule is C=C(C)C1Cc2oc(cc2C(=O)OC)C(O)C(C)(O)CC2OC(=O)C3(OC23)C(OC(C)=O)C1. The summed E-state index contributed by atoms with van der Waals surface area (Å²) in [6.45, 7) is 8.38. The third-order valence-electron chi connectivity index (χ3n) is 6.72. The molecule has 0 saturated carbocycles. The fraction of sp³-hybridized carbons (Fsp3) is 0.609. The van der Waals surface area contributed by atoms with Crippen LogP contribution >= 0.6 is 0 Å². The van der Waals surface area contributed by atoms with Gasteiger partial charge in [-0.25, -0.2) is 9.59 Å². The Labute approximate surface area is 190 Å². The Hall–Kier alpha value is -2.69. The zero-order valence-electron chi connectivity index (χ0n) is 19.0. The molecule has 3 aliphatic rings. The van der Waals surface area contributed by atoms with Crippen LogP contribution in [0.2, 0.25) is 0 Å². The van der Waals surface area contributed by atoms with Crippen LogP contribution in [0, 0.1) is 5.92 Å². The molecular weight excluding hydrogens is 436 g/mol. The number of allylic oxidation sites excluding steroid dienone is 1. The minimum Gasteiger partial charge on any atom is -0.465 e. The van der Waals surface area contributed by atoms with Gasteiger partial charge in [0.05, 0.1) is 12.7 Å². The molecular formula is C23H28O10. The fourth-order valence-electron chi connectivity index (χ4n) is 4.82. The van der Waals surface area contributed by atoms with Crippen LogP contribution in [0.1, 0.15) is 61.6 Å². The highest BCUT2D eigenvalue weighted by Gasteiger charge is 2.78. The van der Waals surface area contributed by atoms with E-state index in [2.05, 4.69) is 6.58 Å². The van der Waals surface area contributed by atoms with Crippen molar-refractivity contribution in [3.8, 4) is 0 Å². The van der Waals surface area contributed by atoms with Crippen molar-refractivity contribution in [1.29, 1.82) is 0 Å². The van der Waals surface area contributed by atoms with Gasteiger partial charge < -0.3 is 33.6 Å². The normalized spacial score (nSPS) is 37.5. The summed E-state index contributed by atoms with van der Waals surface area (Å²) >= 11 is 0. The summed E-state index contributed by atoms with van der Waals surface area (Å²) in [7, 11) is 1.22. The molecule has 7 unspecified atom stereocenters. The van der Waals surface area contributed by atoms with E-state index in [-0.39, 0.29) is 42.3 Å². The van der Waals surface area contributed by atoms with Crippen LogP contribution in [0.25, 0.3) is 0 Å². The summed E-state index contributed by atoms with van der Waals surface area (Å²) in [6.07, 6.45) is -4.00. The molecule has 0 spiro atoms. The van der Waals surface area contributed by atoms with Crippen molar-refractivity contribution in [2.24, 2.45) is 5.92 Å². The average molecular weight is 464 g/mol. The number of epoxide rings is 1. The largest absolute Gasteiger partial charge is 0.465 e. The number of rotatable bonds is 3. The number of furan rings is 1. The summed E-state index contributed by atoms with van der Waals surface area (Å²) in [5.74, 6) is -2.14. The van der Waals surface area contributed by atoms with Crippen molar-refractivity contribution in [2.45, 2.75) is 75.7 Å². The lowest BCUT2D eigenvalue weighted by molar-refractivity contribution is -0.169. The predicted molar refractivity (Wildman–Crippen MR) is 110 cm³/mol. The Bertz CT molecular complexity index is 1010. The zero-order chi connectivity index (χ0) is 24.3. The van der Waals surface area contributed by atoms with Crippen LogP contribution in [-0.2, 0) is 35.0 Å². The Morgan fingerprint density at radius 1 is 1.30 bits per heavy atom. The number of ether oxygens (including phenoxy) is 4. The van der Waals surface area contributed by atoms with Gasteiger partial charge in [-0.15, -0.1) is 0 Å². The number of hydrogen-bond acceptors (Lipinski definition) is 10. The lowest BCUT2D eigenvalue weighted by atomic mass is 9.83. The predicted octanol–water partition coefficient (Wildman–Crippen LogP) is 1.37. The van der Waals surface area contributed by atoms with E-state index in [1.54, 1.807) is 6.92 Å². The maximum absolute atomic E-state index is 12.9. The van der Waals surface area contributed by atoms with Crippen molar-refractivity contribution in [3.63, 3.8) is 0 Å². The van der Waals surface area contributed by atoms with Crippen molar-refractivity contribution >= 4 is 17.9 Å². The number of carbonyl (C=O) groups is 3. The molecule has 2 N–H and O–H groups in total. The maximum Gasteiger partial charge on any atom is 0.345 e. The van der Waals surface area contributed by atoms with E-state index in [1.807, 2.05) is 0 Å². The third kappa shape index (κ3) is 3.85. The monoisotopic (exact) mass is 464 g/mol. The Balaban J connectivity index is 1.82. The first-order valence-corrected chi connectivity index (χ1v) is 10.7. The lowest BCUT2D eigenvalue weighted by Gasteiger charge is -2.30. The van der Waals surface area contributed by atoms with Crippen LogP contribution < -0.4 is 0 Å². The molecule has 7 atom stereocenters. The molecule has 0 amide bonds. The third-order valence-corrected chi connectivity index (χ3v) is 6.72.